The van der Waals surface area contributed by atoms with Gasteiger partial charge < -0.3 is 5.73 Å². The van der Waals surface area contributed by atoms with Crippen molar-refractivity contribution in [1.29, 1.82) is 0 Å². The highest BCUT2D eigenvalue weighted by atomic mass is 35.5. The van der Waals surface area contributed by atoms with E-state index in [1.165, 1.54) is 5.56 Å². The average molecular weight is 322 g/mol. The zero-order valence-electron chi connectivity index (χ0n) is 12.5. The number of anilines is 1. The topological polar surface area (TPSA) is 43.1 Å². The van der Waals surface area contributed by atoms with Crippen LogP contribution in [-0.4, -0.2) is 4.21 Å². The van der Waals surface area contributed by atoms with E-state index in [4.69, 9.17) is 17.3 Å². The second-order valence-corrected chi connectivity index (χ2v) is 7.97. The molecule has 21 heavy (non-hydrogen) atoms. The highest BCUT2D eigenvalue weighted by molar-refractivity contribution is 7.84. The summed E-state index contributed by atoms with van der Waals surface area (Å²) < 4.78 is 12.4. The third-order valence-electron chi connectivity index (χ3n) is 3.34. The van der Waals surface area contributed by atoms with Gasteiger partial charge in [0, 0.05) is 10.7 Å². The van der Waals surface area contributed by atoms with Crippen molar-refractivity contribution >= 4 is 28.1 Å². The Balaban J connectivity index is 2.18. The molecule has 2 rings (SSSR count). The molecule has 2 aromatic rings. The molecule has 112 valence electrons. The van der Waals surface area contributed by atoms with E-state index in [1.54, 1.807) is 18.2 Å². The Morgan fingerprint density at radius 2 is 1.71 bits per heavy atom. The van der Waals surface area contributed by atoms with Crippen molar-refractivity contribution in [3.05, 3.63) is 58.6 Å². The maximum Gasteiger partial charge on any atom is 0.0635 e. The first-order valence-electron chi connectivity index (χ1n) is 6.80. The molecule has 4 heteroatoms. The van der Waals surface area contributed by atoms with E-state index in [0.29, 0.717) is 21.4 Å². The lowest BCUT2D eigenvalue weighted by atomic mass is 9.87. The highest BCUT2D eigenvalue weighted by Crippen LogP contribution is 2.25. The number of benzene rings is 2. The minimum atomic E-state index is -1.19. The fraction of sp³-hybridized carbons (Fsp3) is 0.294. The molecular weight excluding hydrogens is 302 g/mol. The molecule has 0 fully saturated rings. The normalized spacial score (nSPS) is 13.1. The van der Waals surface area contributed by atoms with Crippen molar-refractivity contribution in [2.45, 2.75) is 36.8 Å². The summed E-state index contributed by atoms with van der Waals surface area (Å²) in [7, 11) is -1.19. The van der Waals surface area contributed by atoms with Gasteiger partial charge in [-0.25, -0.2) is 0 Å². The summed E-state index contributed by atoms with van der Waals surface area (Å²) in [5.41, 5.74) is 8.80. The standard InChI is InChI=1S/C17H20ClNOS/c1-17(2,3)13-6-4-12(5-7-13)11-21(20)16-10-14(18)8-9-15(16)19/h4-10H,11,19H2,1-3H3. The van der Waals surface area contributed by atoms with Gasteiger partial charge in [0.05, 0.1) is 21.4 Å². The molecule has 0 aliphatic rings. The Kier molecular flexibility index (Phi) is 4.74. The van der Waals surface area contributed by atoms with E-state index in [0.717, 1.165) is 5.56 Å². The first-order chi connectivity index (χ1) is 9.77. The van der Waals surface area contributed by atoms with Gasteiger partial charge in [-0.15, -0.1) is 0 Å². The molecule has 0 saturated heterocycles. The zero-order chi connectivity index (χ0) is 15.6. The first-order valence-corrected chi connectivity index (χ1v) is 8.50. The Morgan fingerprint density at radius 1 is 1.10 bits per heavy atom. The average Bonchev–Trinajstić information content (AvgIpc) is 2.41. The molecule has 0 aliphatic heterocycles. The van der Waals surface area contributed by atoms with Gasteiger partial charge in [0.15, 0.2) is 0 Å². The second kappa shape index (κ2) is 6.20. The third-order valence-corrected chi connectivity index (χ3v) is 5.01. The lowest BCUT2D eigenvalue weighted by Crippen LogP contribution is -2.10. The Morgan fingerprint density at radius 3 is 2.29 bits per heavy atom. The smallest absolute Gasteiger partial charge is 0.0635 e. The van der Waals surface area contributed by atoms with Gasteiger partial charge in [0.2, 0.25) is 0 Å². The van der Waals surface area contributed by atoms with Crippen molar-refractivity contribution in [3.63, 3.8) is 0 Å². The Labute approximate surface area is 133 Å². The van der Waals surface area contributed by atoms with Crippen molar-refractivity contribution in [3.8, 4) is 0 Å². The van der Waals surface area contributed by atoms with Gasteiger partial charge in [0.25, 0.3) is 0 Å². The molecule has 2 N–H and O–H groups in total. The van der Waals surface area contributed by atoms with Crippen molar-refractivity contribution in [1.82, 2.24) is 0 Å². The van der Waals surface area contributed by atoms with Crippen LogP contribution in [0.4, 0.5) is 5.69 Å². The quantitative estimate of drug-likeness (QED) is 0.844. The van der Waals surface area contributed by atoms with Crippen LogP contribution in [0, 0.1) is 0 Å². The molecule has 0 saturated carbocycles. The fourth-order valence-corrected chi connectivity index (χ4v) is 3.51. The number of nitrogen functional groups attached to an aromatic ring is 1. The summed E-state index contributed by atoms with van der Waals surface area (Å²) in [6.07, 6.45) is 0. The summed E-state index contributed by atoms with van der Waals surface area (Å²) in [5.74, 6) is 0.439. The maximum absolute atomic E-state index is 12.4. The molecular formula is C17H20ClNOS. The molecule has 0 aromatic heterocycles. The van der Waals surface area contributed by atoms with Crippen molar-refractivity contribution in [2.75, 3.05) is 5.73 Å². The van der Waals surface area contributed by atoms with E-state index in [2.05, 4.69) is 32.9 Å². The Bertz CT molecular complexity index is 659. The van der Waals surface area contributed by atoms with Gasteiger partial charge in [-0.2, -0.15) is 0 Å². The number of nitrogens with two attached hydrogens (primary N) is 1. The van der Waals surface area contributed by atoms with Crippen LogP contribution < -0.4 is 5.73 Å². The summed E-state index contributed by atoms with van der Waals surface area (Å²) in [5, 5.41) is 0.552. The molecule has 0 heterocycles. The van der Waals surface area contributed by atoms with Crippen LogP contribution in [0.2, 0.25) is 5.02 Å². The fourth-order valence-electron chi connectivity index (χ4n) is 2.04. The van der Waals surface area contributed by atoms with E-state index in [-0.39, 0.29) is 5.41 Å². The van der Waals surface area contributed by atoms with Crippen LogP contribution in [0.5, 0.6) is 0 Å². The minimum absolute atomic E-state index is 0.120. The van der Waals surface area contributed by atoms with E-state index in [9.17, 15) is 4.21 Å². The molecule has 2 aromatic carbocycles. The monoisotopic (exact) mass is 321 g/mol. The van der Waals surface area contributed by atoms with Gasteiger partial charge in [-0.3, -0.25) is 4.21 Å². The van der Waals surface area contributed by atoms with E-state index >= 15 is 0 Å². The van der Waals surface area contributed by atoms with Crippen LogP contribution in [0.15, 0.2) is 47.4 Å². The molecule has 1 atom stereocenters. The van der Waals surface area contributed by atoms with Gasteiger partial charge >= 0.3 is 0 Å². The predicted molar refractivity (Wildman–Crippen MR) is 91.1 cm³/mol. The first kappa shape index (κ1) is 16.1. The minimum Gasteiger partial charge on any atom is -0.398 e. The number of halogens is 1. The van der Waals surface area contributed by atoms with Crippen LogP contribution in [0.25, 0.3) is 0 Å². The molecule has 2 nitrogen and oxygen atoms in total. The maximum atomic E-state index is 12.4. The molecule has 1 unspecified atom stereocenters. The predicted octanol–water partition coefficient (Wildman–Crippen LogP) is 4.53. The largest absolute Gasteiger partial charge is 0.398 e. The van der Waals surface area contributed by atoms with E-state index in [1.807, 2.05) is 12.1 Å². The lowest BCUT2D eigenvalue weighted by Gasteiger charge is -2.19. The highest BCUT2D eigenvalue weighted by Gasteiger charge is 2.14. The van der Waals surface area contributed by atoms with Crippen LogP contribution in [0.3, 0.4) is 0 Å². The van der Waals surface area contributed by atoms with Crippen molar-refractivity contribution < 1.29 is 4.21 Å². The summed E-state index contributed by atoms with van der Waals surface area (Å²) in [6.45, 7) is 6.52. The SMILES string of the molecule is CC(C)(C)c1ccc(CS(=O)c2cc(Cl)ccc2N)cc1. The van der Waals surface area contributed by atoms with E-state index < -0.39 is 10.8 Å². The van der Waals surface area contributed by atoms with Crippen LogP contribution in [0.1, 0.15) is 31.9 Å². The molecule has 0 aliphatic carbocycles. The van der Waals surface area contributed by atoms with Gasteiger partial charge in [-0.05, 0) is 34.7 Å². The lowest BCUT2D eigenvalue weighted by molar-refractivity contribution is 0.590. The number of hydrogen-bond donors (Lipinski definition) is 1. The summed E-state index contributed by atoms with van der Waals surface area (Å²) >= 11 is 5.94. The van der Waals surface area contributed by atoms with Crippen LogP contribution in [-0.2, 0) is 22.0 Å². The molecule has 0 amide bonds. The molecule has 0 bridgehead atoms. The number of rotatable bonds is 3. The third kappa shape index (κ3) is 4.08. The summed E-state index contributed by atoms with van der Waals surface area (Å²) in [4.78, 5) is 0.599. The second-order valence-electron chi connectivity index (χ2n) is 6.12. The van der Waals surface area contributed by atoms with Crippen molar-refractivity contribution in [2.24, 2.45) is 0 Å². The Hall–Kier alpha value is -1.32. The van der Waals surface area contributed by atoms with Gasteiger partial charge in [-0.1, -0.05) is 56.6 Å². The zero-order valence-corrected chi connectivity index (χ0v) is 14.1. The summed E-state index contributed by atoms with van der Waals surface area (Å²) in [6, 6.07) is 13.3. The van der Waals surface area contributed by atoms with Gasteiger partial charge in [0.1, 0.15) is 0 Å². The molecule has 0 spiro atoms. The van der Waals surface area contributed by atoms with Crippen LogP contribution >= 0.6 is 11.6 Å². The molecule has 0 radical (unpaired) electrons. The number of hydrogen-bond acceptors (Lipinski definition) is 2.